The summed E-state index contributed by atoms with van der Waals surface area (Å²) < 4.78 is 4.73. The molecule has 1 aliphatic heterocycles. The van der Waals surface area contributed by atoms with Gasteiger partial charge in [0, 0.05) is 12.7 Å². The number of rotatable bonds is 3. The van der Waals surface area contributed by atoms with E-state index in [2.05, 4.69) is 4.98 Å². The van der Waals surface area contributed by atoms with Gasteiger partial charge in [-0.1, -0.05) is 6.92 Å². The lowest BCUT2D eigenvalue weighted by Gasteiger charge is -2.37. The number of hydrogen-bond acceptors (Lipinski definition) is 5. The van der Waals surface area contributed by atoms with Crippen molar-refractivity contribution >= 4 is 17.8 Å². The van der Waals surface area contributed by atoms with E-state index in [9.17, 15) is 14.7 Å². The summed E-state index contributed by atoms with van der Waals surface area (Å²) in [6.45, 7) is 2.60. The molecule has 1 aliphatic rings. The summed E-state index contributed by atoms with van der Waals surface area (Å²) >= 11 is 0. The Morgan fingerprint density at radius 1 is 1.50 bits per heavy atom. The average Bonchev–Trinajstić information content (AvgIpc) is 2.46. The van der Waals surface area contributed by atoms with E-state index in [0.29, 0.717) is 30.3 Å². The Hall–Kier alpha value is -2.11. The van der Waals surface area contributed by atoms with Crippen molar-refractivity contribution in [2.45, 2.75) is 25.8 Å². The summed E-state index contributed by atoms with van der Waals surface area (Å²) in [6, 6.07) is 2.58. The molecule has 6 nitrogen and oxygen atoms in total. The van der Waals surface area contributed by atoms with E-state index in [1.54, 1.807) is 23.2 Å². The highest BCUT2D eigenvalue weighted by Crippen LogP contribution is 2.29. The molecular formula is C14H18N2O4. The number of carboxylic acids is 1. The summed E-state index contributed by atoms with van der Waals surface area (Å²) in [5.41, 5.74) is 0.302. The molecule has 108 valence electrons. The molecular weight excluding hydrogens is 260 g/mol. The number of anilines is 1. The number of esters is 1. The van der Waals surface area contributed by atoms with E-state index in [-0.39, 0.29) is 0 Å². The second-order valence-electron chi connectivity index (χ2n) is 5.04. The van der Waals surface area contributed by atoms with Crippen LogP contribution < -0.4 is 4.90 Å². The largest absolute Gasteiger partial charge is 0.480 e. The first-order valence-electron chi connectivity index (χ1n) is 6.57. The lowest BCUT2D eigenvalue weighted by Crippen LogP contribution is -2.47. The Balaban J connectivity index is 2.38. The number of aromatic nitrogens is 1. The van der Waals surface area contributed by atoms with Crippen LogP contribution in [0.2, 0.25) is 0 Å². The molecule has 0 aliphatic carbocycles. The number of methoxy groups -OCH3 is 1. The molecule has 20 heavy (non-hydrogen) atoms. The summed E-state index contributed by atoms with van der Waals surface area (Å²) in [4.78, 5) is 29.1. The number of carbonyl (C=O) groups excluding carboxylic acids is 1. The van der Waals surface area contributed by atoms with Crippen molar-refractivity contribution in [2.24, 2.45) is 5.92 Å². The highest BCUT2D eigenvalue weighted by Gasteiger charge is 2.34. The number of aliphatic carboxylic acids is 1. The van der Waals surface area contributed by atoms with Gasteiger partial charge in [0.25, 0.3) is 0 Å². The highest BCUT2D eigenvalue weighted by atomic mass is 16.5. The van der Waals surface area contributed by atoms with E-state index in [1.807, 2.05) is 6.92 Å². The first-order chi connectivity index (χ1) is 9.54. The molecule has 0 radical (unpaired) electrons. The zero-order valence-electron chi connectivity index (χ0n) is 11.6. The molecule has 0 spiro atoms. The Kier molecular flexibility index (Phi) is 4.22. The van der Waals surface area contributed by atoms with Crippen LogP contribution in [0, 0.1) is 5.92 Å². The molecule has 0 bridgehead atoms. The van der Waals surface area contributed by atoms with Gasteiger partial charge in [-0.25, -0.2) is 14.6 Å². The first kappa shape index (κ1) is 14.3. The number of nitrogens with zero attached hydrogens (tertiary/aromatic N) is 2. The maximum atomic E-state index is 11.8. The van der Waals surface area contributed by atoms with Gasteiger partial charge in [-0.15, -0.1) is 0 Å². The molecule has 1 aromatic rings. The predicted molar refractivity (Wildman–Crippen MR) is 72.7 cm³/mol. The van der Waals surface area contributed by atoms with Gasteiger partial charge in [0.2, 0.25) is 0 Å². The Bertz CT molecular complexity index is 518. The minimum Gasteiger partial charge on any atom is -0.480 e. The molecule has 0 aromatic carbocycles. The quantitative estimate of drug-likeness (QED) is 0.845. The van der Waals surface area contributed by atoms with Gasteiger partial charge in [-0.05, 0) is 30.9 Å². The molecule has 2 rings (SSSR count). The zero-order valence-corrected chi connectivity index (χ0v) is 11.6. The molecule has 1 fully saturated rings. The topological polar surface area (TPSA) is 79.7 Å². The van der Waals surface area contributed by atoms with Crippen LogP contribution >= 0.6 is 0 Å². The average molecular weight is 278 g/mol. The number of hydrogen-bond donors (Lipinski definition) is 1. The fourth-order valence-corrected chi connectivity index (χ4v) is 2.52. The minimum absolute atomic E-state index is 0.302. The smallest absolute Gasteiger partial charge is 0.341 e. The van der Waals surface area contributed by atoms with Crippen LogP contribution in [0.1, 0.15) is 30.1 Å². The van der Waals surface area contributed by atoms with Gasteiger partial charge in [0.05, 0.1) is 7.11 Å². The van der Waals surface area contributed by atoms with Crippen LogP contribution in [0.4, 0.5) is 5.82 Å². The van der Waals surface area contributed by atoms with Crippen molar-refractivity contribution < 1.29 is 19.4 Å². The normalized spacial score (nSPS) is 22.4. The number of carbonyl (C=O) groups is 2. The standard InChI is InChI=1S/C14H18N2O4/c1-9-5-7-16(11(8-9)13(17)18)12-10(14(19)20-2)4-3-6-15-12/h3-4,6,9,11H,5,7-8H2,1-2H3,(H,17,18). The highest BCUT2D eigenvalue weighted by molar-refractivity contribution is 5.95. The lowest BCUT2D eigenvalue weighted by molar-refractivity contribution is -0.139. The van der Waals surface area contributed by atoms with Crippen LogP contribution in [0.5, 0.6) is 0 Å². The van der Waals surface area contributed by atoms with E-state index >= 15 is 0 Å². The van der Waals surface area contributed by atoms with Crippen molar-refractivity contribution in [1.29, 1.82) is 0 Å². The molecule has 0 amide bonds. The van der Waals surface area contributed by atoms with Gasteiger partial charge in [0.15, 0.2) is 0 Å². The van der Waals surface area contributed by atoms with E-state index in [4.69, 9.17) is 4.74 Å². The lowest BCUT2D eigenvalue weighted by atomic mass is 9.92. The maximum absolute atomic E-state index is 11.8. The van der Waals surface area contributed by atoms with Crippen LogP contribution in [-0.4, -0.2) is 41.7 Å². The molecule has 1 N–H and O–H groups in total. The monoisotopic (exact) mass is 278 g/mol. The second kappa shape index (κ2) is 5.90. The van der Waals surface area contributed by atoms with E-state index < -0.39 is 18.0 Å². The van der Waals surface area contributed by atoms with Crippen LogP contribution in [0.3, 0.4) is 0 Å². The summed E-state index contributed by atoms with van der Waals surface area (Å²) in [7, 11) is 1.30. The van der Waals surface area contributed by atoms with Gasteiger partial charge in [-0.3, -0.25) is 0 Å². The van der Waals surface area contributed by atoms with E-state index in [0.717, 1.165) is 6.42 Å². The Morgan fingerprint density at radius 3 is 2.90 bits per heavy atom. The molecule has 1 saturated heterocycles. The molecule has 2 atom stereocenters. The van der Waals surface area contributed by atoms with Gasteiger partial charge >= 0.3 is 11.9 Å². The summed E-state index contributed by atoms with van der Waals surface area (Å²) in [6.07, 6.45) is 2.98. The summed E-state index contributed by atoms with van der Waals surface area (Å²) in [5.74, 6) is -0.662. The van der Waals surface area contributed by atoms with Gasteiger partial charge in [0.1, 0.15) is 17.4 Å². The third-order valence-corrected chi connectivity index (χ3v) is 3.61. The Morgan fingerprint density at radius 2 is 2.25 bits per heavy atom. The minimum atomic E-state index is -0.891. The van der Waals surface area contributed by atoms with Crippen molar-refractivity contribution in [1.82, 2.24) is 4.98 Å². The molecule has 0 saturated carbocycles. The number of ether oxygens (including phenoxy) is 1. The number of piperidine rings is 1. The van der Waals surface area contributed by atoms with Crippen molar-refractivity contribution in [3.05, 3.63) is 23.9 Å². The van der Waals surface area contributed by atoms with Crippen LogP contribution in [-0.2, 0) is 9.53 Å². The molecule has 2 heterocycles. The fraction of sp³-hybridized carbons (Fsp3) is 0.500. The van der Waals surface area contributed by atoms with Crippen LogP contribution in [0.15, 0.2) is 18.3 Å². The van der Waals surface area contributed by atoms with Crippen LogP contribution in [0.25, 0.3) is 0 Å². The predicted octanol–water partition coefficient (Wildman–Crippen LogP) is 1.56. The van der Waals surface area contributed by atoms with E-state index in [1.165, 1.54) is 7.11 Å². The van der Waals surface area contributed by atoms with Crippen molar-refractivity contribution in [3.63, 3.8) is 0 Å². The molecule has 2 unspecified atom stereocenters. The molecule has 1 aromatic heterocycles. The number of pyridine rings is 1. The van der Waals surface area contributed by atoms with Crippen molar-refractivity contribution in [3.8, 4) is 0 Å². The Labute approximate surface area is 117 Å². The first-order valence-corrected chi connectivity index (χ1v) is 6.57. The van der Waals surface area contributed by atoms with Gasteiger partial charge < -0.3 is 14.7 Å². The fourth-order valence-electron chi connectivity index (χ4n) is 2.52. The van der Waals surface area contributed by atoms with Crippen molar-refractivity contribution in [2.75, 3.05) is 18.6 Å². The third kappa shape index (κ3) is 2.74. The SMILES string of the molecule is COC(=O)c1cccnc1N1CCC(C)CC1C(=O)O. The zero-order chi connectivity index (χ0) is 14.7. The molecule has 6 heteroatoms. The van der Waals surface area contributed by atoms with Gasteiger partial charge in [-0.2, -0.15) is 0 Å². The third-order valence-electron chi connectivity index (χ3n) is 3.61. The second-order valence-corrected chi connectivity index (χ2v) is 5.04. The summed E-state index contributed by atoms with van der Waals surface area (Å²) in [5, 5.41) is 9.39. The maximum Gasteiger partial charge on any atom is 0.341 e. The number of carboxylic acid groups (broad SMARTS) is 1.